The van der Waals surface area contributed by atoms with E-state index >= 15 is 0 Å². The van der Waals surface area contributed by atoms with Crippen LogP contribution in [-0.4, -0.2) is 24.7 Å². The van der Waals surface area contributed by atoms with Gasteiger partial charge in [0.25, 0.3) is 0 Å². The van der Waals surface area contributed by atoms with E-state index in [0.717, 1.165) is 23.8 Å². The highest BCUT2D eigenvalue weighted by atomic mass is 19.1. The fourth-order valence-electron chi connectivity index (χ4n) is 3.54. The summed E-state index contributed by atoms with van der Waals surface area (Å²) in [4.78, 5) is 13.5. The van der Waals surface area contributed by atoms with Gasteiger partial charge in [-0.15, -0.1) is 0 Å². The molecule has 3 heterocycles. The highest BCUT2D eigenvalue weighted by Crippen LogP contribution is 2.26. The zero-order chi connectivity index (χ0) is 20.9. The number of nitrogens with two attached hydrogens (primary N) is 1. The first-order valence-electron chi connectivity index (χ1n) is 10.3. The quantitative estimate of drug-likeness (QED) is 0.427. The van der Waals surface area contributed by atoms with Crippen molar-refractivity contribution in [3.8, 4) is 11.5 Å². The van der Waals surface area contributed by atoms with Crippen molar-refractivity contribution in [3.63, 3.8) is 0 Å². The van der Waals surface area contributed by atoms with Crippen molar-refractivity contribution in [2.24, 2.45) is 0 Å². The van der Waals surface area contributed by atoms with Gasteiger partial charge in [0.2, 0.25) is 0 Å². The van der Waals surface area contributed by atoms with Crippen LogP contribution in [0.1, 0.15) is 43.7 Å². The minimum atomic E-state index is -0.272. The van der Waals surface area contributed by atoms with Crippen molar-refractivity contribution in [2.45, 2.75) is 45.6 Å². The number of benzene rings is 1. The van der Waals surface area contributed by atoms with Crippen molar-refractivity contribution in [1.29, 1.82) is 0 Å². The summed E-state index contributed by atoms with van der Waals surface area (Å²) in [6, 6.07) is 10.4. The second kappa shape index (κ2) is 8.98. The summed E-state index contributed by atoms with van der Waals surface area (Å²) >= 11 is 0. The first kappa shape index (κ1) is 19.9. The molecule has 0 bridgehead atoms. The van der Waals surface area contributed by atoms with Crippen molar-refractivity contribution >= 4 is 16.9 Å². The van der Waals surface area contributed by atoms with Gasteiger partial charge in [-0.2, -0.15) is 5.10 Å². The first-order valence-corrected chi connectivity index (χ1v) is 10.3. The zero-order valence-corrected chi connectivity index (χ0v) is 17.1. The van der Waals surface area contributed by atoms with Crippen LogP contribution in [0.2, 0.25) is 0 Å². The van der Waals surface area contributed by atoms with Gasteiger partial charge in [0.1, 0.15) is 17.3 Å². The molecule has 0 saturated heterocycles. The fourth-order valence-corrected chi connectivity index (χ4v) is 3.54. The van der Waals surface area contributed by atoms with Gasteiger partial charge in [0.05, 0.1) is 11.9 Å². The summed E-state index contributed by atoms with van der Waals surface area (Å²) in [5.41, 5.74) is 8.97. The minimum Gasteiger partial charge on any atom is -0.383 e. The molecule has 2 N–H and O–H groups in total. The van der Waals surface area contributed by atoms with Gasteiger partial charge in [-0.3, -0.25) is 0 Å². The summed E-state index contributed by atoms with van der Waals surface area (Å²) in [5, 5.41) is 5.47. The molecule has 0 unspecified atom stereocenters. The number of hydrogen-bond donors (Lipinski definition) is 1. The van der Waals surface area contributed by atoms with E-state index in [1.807, 2.05) is 18.2 Å². The summed E-state index contributed by atoms with van der Waals surface area (Å²) < 4.78 is 15.8. The van der Waals surface area contributed by atoms with Gasteiger partial charge >= 0.3 is 0 Å². The number of nitrogens with zero attached hydrogens (tertiary/aromatic N) is 5. The maximum Gasteiger partial charge on any atom is 0.182 e. The Morgan fingerprint density at radius 2 is 1.87 bits per heavy atom. The van der Waals surface area contributed by atoms with E-state index in [2.05, 4.69) is 27.0 Å². The average molecular weight is 404 g/mol. The molecule has 4 rings (SSSR count). The molecule has 3 aromatic heterocycles. The maximum absolute atomic E-state index is 14.1. The number of pyridine rings is 1. The third kappa shape index (κ3) is 4.15. The monoisotopic (exact) mass is 404 g/mol. The van der Waals surface area contributed by atoms with E-state index < -0.39 is 0 Å². The van der Waals surface area contributed by atoms with Crippen LogP contribution in [0.25, 0.3) is 22.6 Å². The molecule has 0 spiro atoms. The van der Waals surface area contributed by atoms with Crippen LogP contribution in [-0.2, 0) is 13.0 Å². The van der Waals surface area contributed by atoms with Crippen LogP contribution in [0.15, 0.2) is 48.8 Å². The lowest BCUT2D eigenvalue weighted by molar-refractivity contribution is 0.589. The Kier molecular flexibility index (Phi) is 5.97. The fraction of sp³-hybridized carbons (Fsp3) is 0.304. The topological polar surface area (TPSA) is 82.5 Å². The van der Waals surface area contributed by atoms with Crippen LogP contribution in [0.5, 0.6) is 0 Å². The third-order valence-corrected chi connectivity index (χ3v) is 5.19. The lowest BCUT2D eigenvalue weighted by Crippen LogP contribution is -2.05. The molecule has 0 atom stereocenters. The molecule has 1 aromatic carbocycles. The van der Waals surface area contributed by atoms with E-state index in [-0.39, 0.29) is 12.4 Å². The number of fused-ring (bicyclic) bond motifs is 1. The third-order valence-electron chi connectivity index (χ3n) is 5.19. The summed E-state index contributed by atoms with van der Waals surface area (Å²) in [6.45, 7) is 2.46. The van der Waals surface area contributed by atoms with Gasteiger partial charge in [0, 0.05) is 23.5 Å². The molecular weight excluding hydrogens is 379 g/mol. The number of hydrogen-bond acceptors (Lipinski definition) is 5. The molecule has 6 nitrogen and oxygen atoms in total. The van der Waals surface area contributed by atoms with Crippen molar-refractivity contribution < 1.29 is 4.39 Å². The molecular formula is C23H25FN6. The Hall–Kier alpha value is -3.35. The average Bonchev–Trinajstić information content (AvgIpc) is 3.12. The molecule has 0 fully saturated rings. The molecule has 7 heteroatoms. The molecule has 0 amide bonds. The molecule has 0 radical (unpaired) electrons. The number of rotatable bonds is 8. The predicted octanol–water partition coefficient (Wildman–Crippen LogP) is 4.78. The second-order valence-electron chi connectivity index (χ2n) is 7.39. The van der Waals surface area contributed by atoms with Crippen LogP contribution in [0.4, 0.5) is 10.2 Å². The number of aromatic nitrogens is 5. The standard InChI is InChI=1S/C23H25FN6/c1-2-3-4-5-9-16-14-27-22(28-21(16)25)20-18-11-8-13-26-23(18)30(29-20)15-17-10-6-7-12-19(17)24/h6-8,10-14H,2-5,9,15H2,1H3,(H2,25,27,28). The SMILES string of the molecule is CCCCCCc1cnc(-c2nn(Cc3ccccc3F)c3ncccc23)nc1N. The van der Waals surface area contributed by atoms with Gasteiger partial charge in [-0.25, -0.2) is 24.0 Å². The molecule has 0 aliphatic carbocycles. The molecule has 0 aliphatic rings. The molecule has 4 aromatic rings. The van der Waals surface area contributed by atoms with Gasteiger partial charge in [0.15, 0.2) is 11.5 Å². The van der Waals surface area contributed by atoms with Crippen LogP contribution >= 0.6 is 0 Å². The molecule has 0 aliphatic heterocycles. The predicted molar refractivity (Wildman–Crippen MR) is 116 cm³/mol. The molecule has 0 saturated carbocycles. The highest BCUT2D eigenvalue weighted by Gasteiger charge is 2.17. The highest BCUT2D eigenvalue weighted by molar-refractivity contribution is 5.89. The van der Waals surface area contributed by atoms with E-state index in [1.165, 1.54) is 25.3 Å². The van der Waals surface area contributed by atoms with Gasteiger partial charge < -0.3 is 5.73 Å². The Balaban J connectivity index is 1.66. The Labute approximate surface area is 175 Å². The number of aryl methyl sites for hydroxylation is 1. The zero-order valence-electron chi connectivity index (χ0n) is 17.1. The smallest absolute Gasteiger partial charge is 0.182 e. The number of anilines is 1. The summed E-state index contributed by atoms with van der Waals surface area (Å²) in [7, 11) is 0. The lowest BCUT2D eigenvalue weighted by atomic mass is 10.1. The first-order chi connectivity index (χ1) is 14.7. The van der Waals surface area contributed by atoms with Gasteiger partial charge in [-0.1, -0.05) is 44.4 Å². The maximum atomic E-state index is 14.1. The van der Waals surface area contributed by atoms with E-state index in [4.69, 9.17) is 5.73 Å². The number of halogens is 1. The minimum absolute atomic E-state index is 0.269. The Bertz CT molecular complexity index is 1150. The second-order valence-corrected chi connectivity index (χ2v) is 7.39. The normalized spacial score (nSPS) is 11.3. The largest absolute Gasteiger partial charge is 0.383 e. The van der Waals surface area contributed by atoms with E-state index in [9.17, 15) is 4.39 Å². The van der Waals surface area contributed by atoms with Crippen molar-refractivity contribution in [2.75, 3.05) is 5.73 Å². The van der Waals surface area contributed by atoms with E-state index in [1.54, 1.807) is 29.2 Å². The number of unbranched alkanes of at least 4 members (excludes halogenated alkanes) is 3. The van der Waals surface area contributed by atoms with Crippen molar-refractivity contribution in [3.05, 3.63) is 65.7 Å². The summed E-state index contributed by atoms with van der Waals surface area (Å²) in [6.07, 6.45) is 9.02. The Morgan fingerprint density at radius 1 is 1.00 bits per heavy atom. The lowest BCUT2D eigenvalue weighted by Gasteiger charge is -2.06. The van der Waals surface area contributed by atoms with Crippen LogP contribution in [0, 0.1) is 5.82 Å². The molecule has 154 valence electrons. The number of nitrogen functional groups attached to an aromatic ring is 1. The van der Waals surface area contributed by atoms with Crippen LogP contribution < -0.4 is 5.73 Å². The molecule has 30 heavy (non-hydrogen) atoms. The summed E-state index contributed by atoms with van der Waals surface area (Å²) in [5.74, 6) is 0.666. The van der Waals surface area contributed by atoms with E-state index in [0.29, 0.717) is 28.5 Å². The Morgan fingerprint density at radius 3 is 2.67 bits per heavy atom. The van der Waals surface area contributed by atoms with Crippen molar-refractivity contribution in [1.82, 2.24) is 24.7 Å². The van der Waals surface area contributed by atoms with Crippen LogP contribution in [0.3, 0.4) is 0 Å². The van der Waals surface area contributed by atoms with Gasteiger partial charge in [-0.05, 0) is 31.0 Å².